The van der Waals surface area contributed by atoms with E-state index in [1.54, 1.807) is 24.3 Å². The summed E-state index contributed by atoms with van der Waals surface area (Å²) in [7, 11) is 5.66. The molecule has 4 saturated heterocycles. The fraction of sp³-hybridized carbons (Fsp3) is 0.647. The Morgan fingerprint density at radius 3 is 1.13 bits per heavy atom. The summed E-state index contributed by atoms with van der Waals surface area (Å²) in [5, 5.41) is 81.0. The van der Waals surface area contributed by atoms with Gasteiger partial charge in [0.1, 0.15) is 48.8 Å². The predicted molar refractivity (Wildman–Crippen MR) is 172 cm³/mol. The van der Waals surface area contributed by atoms with Crippen molar-refractivity contribution in [1.82, 2.24) is 0 Å². The van der Waals surface area contributed by atoms with Gasteiger partial charge in [0, 0.05) is 11.8 Å². The Hall–Kier alpha value is -3.24. The van der Waals surface area contributed by atoms with Crippen molar-refractivity contribution >= 4 is 0 Å². The average molecular weight is 743 g/mol. The molecule has 14 atom stereocenters. The smallest absolute Gasteiger partial charge is 0.229 e. The van der Waals surface area contributed by atoms with Gasteiger partial charge >= 0.3 is 0 Å². The fourth-order valence-corrected chi connectivity index (χ4v) is 7.16. The zero-order valence-electron chi connectivity index (χ0n) is 28.9. The second-order valence-electron chi connectivity index (χ2n) is 13.0. The van der Waals surface area contributed by atoms with Crippen LogP contribution in [-0.4, -0.2) is 157 Å². The highest BCUT2D eigenvalue weighted by molar-refractivity contribution is 5.56. The van der Waals surface area contributed by atoms with Crippen molar-refractivity contribution in [3.05, 3.63) is 35.4 Å². The Morgan fingerprint density at radius 1 is 0.519 bits per heavy atom. The lowest BCUT2D eigenvalue weighted by Crippen LogP contribution is -2.60. The molecule has 18 heteroatoms. The third kappa shape index (κ3) is 6.94. The molecule has 2 aromatic rings. The number of fused-ring (bicyclic) bond motifs is 1. The first-order chi connectivity index (χ1) is 25.0. The van der Waals surface area contributed by atoms with Crippen LogP contribution in [0.4, 0.5) is 0 Å². The van der Waals surface area contributed by atoms with Gasteiger partial charge in [0.05, 0.1) is 67.1 Å². The molecule has 290 valence electrons. The molecule has 4 aliphatic heterocycles. The number of benzene rings is 2. The van der Waals surface area contributed by atoms with Gasteiger partial charge in [-0.15, -0.1) is 0 Å². The van der Waals surface area contributed by atoms with Gasteiger partial charge in [-0.3, -0.25) is 0 Å². The first-order valence-electron chi connectivity index (χ1n) is 16.7. The maximum absolute atomic E-state index is 10.5. The zero-order valence-corrected chi connectivity index (χ0v) is 28.9. The quantitative estimate of drug-likeness (QED) is 0.119. The van der Waals surface area contributed by atoms with Gasteiger partial charge in [0.25, 0.3) is 0 Å². The van der Waals surface area contributed by atoms with Crippen LogP contribution in [0, 0.1) is 11.8 Å². The Labute approximate surface area is 298 Å². The van der Waals surface area contributed by atoms with Crippen LogP contribution in [-0.2, 0) is 18.9 Å². The van der Waals surface area contributed by atoms with E-state index < -0.39 is 86.8 Å². The monoisotopic (exact) mass is 742 g/mol. The molecule has 0 aromatic heterocycles. The molecule has 0 unspecified atom stereocenters. The van der Waals surface area contributed by atoms with Crippen LogP contribution < -0.4 is 28.4 Å². The van der Waals surface area contributed by atoms with Crippen molar-refractivity contribution in [2.75, 3.05) is 54.9 Å². The molecule has 2 aromatic carbocycles. The molecular weight excluding hydrogens is 696 g/mol. The van der Waals surface area contributed by atoms with Crippen molar-refractivity contribution in [3.63, 3.8) is 0 Å². The maximum Gasteiger partial charge on any atom is 0.229 e. The molecule has 0 aliphatic carbocycles. The predicted octanol–water partition coefficient (Wildman–Crippen LogP) is -1.85. The van der Waals surface area contributed by atoms with Gasteiger partial charge in [-0.2, -0.15) is 0 Å². The molecule has 18 nitrogen and oxygen atoms in total. The molecule has 6 rings (SSSR count). The second kappa shape index (κ2) is 16.0. The Morgan fingerprint density at radius 2 is 0.846 bits per heavy atom. The molecule has 8 N–H and O–H groups in total. The molecule has 4 heterocycles. The van der Waals surface area contributed by atoms with Gasteiger partial charge < -0.3 is 88.2 Å². The molecule has 4 fully saturated rings. The molecule has 0 saturated carbocycles. The third-order valence-electron chi connectivity index (χ3n) is 10.1. The second-order valence-corrected chi connectivity index (χ2v) is 13.0. The van der Waals surface area contributed by atoms with Crippen molar-refractivity contribution in [1.29, 1.82) is 0 Å². The Bertz CT molecular complexity index is 1360. The first-order valence-corrected chi connectivity index (χ1v) is 16.7. The van der Waals surface area contributed by atoms with E-state index >= 15 is 0 Å². The van der Waals surface area contributed by atoms with E-state index in [4.69, 9.17) is 47.4 Å². The third-order valence-corrected chi connectivity index (χ3v) is 10.1. The lowest BCUT2D eigenvalue weighted by atomic mass is 9.84. The van der Waals surface area contributed by atoms with E-state index in [0.29, 0.717) is 24.3 Å². The highest BCUT2D eigenvalue weighted by Gasteiger charge is 2.50. The number of rotatable bonds is 12. The number of aliphatic hydroxyl groups is 8. The number of methoxy groups -OCH3 is 4. The lowest BCUT2D eigenvalue weighted by molar-refractivity contribution is -0.277. The maximum atomic E-state index is 10.5. The van der Waals surface area contributed by atoms with Crippen LogP contribution in [0.15, 0.2) is 24.3 Å². The summed E-state index contributed by atoms with van der Waals surface area (Å²) < 4.78 is 58.0. The SMILES string of the molecule is COc1cc([C@@H]2OC[C@H]3[C@@H]2CO[C@H]3c2cc(OC)c(O[C@H]3O[C@H](CO)[C@@H](O)[C@H](O)[C@H]3O)c(OC)c2)cc(OC)c1O[C@H]1O[C@H](CO)[C@@H](O)[C@H](O)[C@H]1O. The Balaban J connectivity index is 1.22. The van der Waals surface area contributed by atoms with E-state index in [0.717, 1.165) is 0 Å². The summed E-state index contributed by atoms with van der Waals surface area (Å²) in [6.45, 7) is -0.604. The molecule has 0 spiro atoms. The zero-order chi connectivity index (χ0) is 37.4. The molecule has 0 amide bonds. The molecule has 4 aliphatic rings. The van der Waals surface area contributed by atoms with E-state index in [-0.39, 0.29) is 46.3 Å². The number of aliphatic hydroxyl groups excluding tert-OH is 8. The summed E-state index contributed by atoms with van der Waals surface area (Å²) >= 11 is 0. The highest BCUT2D eigenvalue weighted by atomic mass is 16.7. The molecular formula is C34H46O18. The standard InChI is InChI=1S/C34H46O18/c1-43-17-5-13(6-18(44-2)31(17)51-33-27(41)25(39)23(37)21(9-35)49-33)29-15-11-48-30(16(15)12-47-29)14-7-19(45-3)32(20(8-14)46-4)52-34-28(42)26(40)24(38)22(10-36)50-34/h5-8,15-16,21-30,33-42H,9-12H2,1-4H3/t15-,16-,21+,22+,23+,24+,25-,26-,27+,28+,29-,30-,33+,34+/m0/s1. The van der Waals surface area contributed by atoms with Gasteiger partial charge in [-0.05, 0) is 35.4 Å². The molecule has 0 radical (unpaired) electrons. The van der Waals surface area contributed by atoms with Crippen LogP contribution in [0.3, 0.4) is 0 Å². The van der Waals surface area contributed by atoms with Crippen molar-refractivity contribution in [2.45, 2.75) is 73.6 Å². The normalized spacial score (nSPS) is 37.3. The number of hydrogen-bond donors (Lipinski definition) is 8. The van der Waals surface area contributed by atoms with E-state index in [1.807, 2.05) is 0 Å². The minimum absolute atomic E-state index is 0.0541. The van der Waals surface area contributed by atoms with E-state index in [1.165, 1.54) is 28.4 Å². The Kier molecular flexibility index (Phi) is 11.8. The van der Waals surface area contributed by atoms with E-state index in [2.05, 4.69) is 0 Å². The van der Waals surface area contributed by atoms with Gasteiger partial charge in [-0.1, -0.05) is 0 Å². The summed E-state index contributed by atoms with van der Waals surface area (Å²) in [5.41, 5.74) is 1.37. The first kappa shape index (κ1) is 38.5. The van der Waals surface area contributed by atoms with Crippen molar-refractivity contribution in [2.24, 2.45) is 11.8 Å². The molecule has 0 bridgehead atoms. The fourth-order valence-electron chi connectivity index (χ4n) is 7.16. The van der Waals surface area contributed by atoms with Crippen LogP contribution in [0.1, 0.15) is 23.3 Å². The minimum atomic E-state index is -1.65. The van der Waals surface area contributed by atoms with Crippen molar-refractivity contribution < 1.29 is 88.2 Å². The largest absolute Gasteiger partial charge is 0.493 e. The van der Waals surface area contributed by atoms with Gasteiger partial charge in [0.15, 0.2) is 23.0 Å². The van der Waals surface area contributed by atoms with Crippen LogP contribution in [0.25, 0.3) is 0 Å². The minimum Gasteiger partial charge on any atom is -0.493 e. The number of ether oxygens (including phenoxy) is 10. The lowest BCUT2D eigenvalue weighted by Gasteiger charge is -2.39. The summed E-state index contributed by atoms with van der Waals surface area (Å²) in [5.74, 6) is 0.683. The van der Waals surface area contributed by atoms with Crippen LogP contribution in [0.2, 0.25) is 0 Å². The summed E-state index contributed by atoms with van der Waals surface area (Å²) in [4.78, 5) is 0. The van der Waals surface area contributed by atoms with E-state index in [9.17, 15) is 40.9 Å². The number of hydrogen-bond acceptors (Lipinski definition) is 18. The van der Waals surface area contributed by atoms with Gasteiger partial charge in [0.2, 0.25) is 24.1 Å². The van der Waals surface area contributed by atoms with Crippen LogP contribution in [0.5, 0.6) is 34.5 Å². The van der Waals surface area contributed by atoms with Crippen LogP contribution >= 0.6 is 0 Å². The summed E-state index contributed by atoms with van der Waals surface area (Å²) in [6.07, 6.45) is -15.9. The topological polar surface area (TPSA) is 254 Å². The average Bonchev–Trinajstić information content (AvgIpc) is 3.78. The van der Waals surface area contributed by atoms with Crippen molar-refractivity contribution in [3.8, 4) is 34.5 Å². The summed E-state index contributed by atoms with van der Waals surface area (Å²) in [6, 6.07) is 6.78. The van der Waals surface area contributed by atoms with Gasteiger partial charge in [-0.25, -0.2) is 0 Å². The highest BCUT2D eigenvalue weighted by Crippen LogP contribution is 2.54. The molecule has 52 heavy (non-hydrogen) atoms.